The van der Waals surface area contributed by atoms with Crippen molar-refractivity contribution in [2.24, 2.45) is 16.6 Å². The minimum atomic E-state index is -1.17. The van der Waals surface area contributed by atoms with Gasteiger partial charge in [0, 0.05) is 19.2 Å². The molecule has 2 unspecified atom stereocenters. The first-order chi connectivity index (χ1) is 13.9. The molecule has 1 amide bonds. The monoisotopic (exact) mass is 403 g/mol. The van der Waals surface area contributed by atoms with Crippen molar-refractivity contribution in [3.8, 4) is 5.75 Å². The van der Waals surface area contributed by atoms with Gasteiger partial charge in [0.1, 0.15) is 23.7 Å². The molecule has 2 aliphatic heterocycles. The number of carbonyl (C=O) groups is 1. The lowest BCUT2D eigenvalue weighted by Crippen LogP contribution is -2.58. The van der Waals surface area contributed by atoms with Gasteiger partial charge < -0.3 is 15.2 Å². The average Bonchev–Trinajstić information content (AvgIpc) is 3.60. The van der Waals surface area contributed by atoms with Crippen LogP contribution in [0.4, 0.5) is 4.39 Å². The van der Waals surface area contributed by atoms with Crippen molar-refractivity contribution in [1.82, 2.24) is 4.90 Å². The number of halogens is 1. The van der Waals surface area contributed by atoms with Crippen LogP contribution in [-0.2, 0) is 15.1 Å². The van der Waals surface area contributed by atoms with Gasteiger partial charge in [-0.1, -0.05) is 32.8 Å². The maximum atomic E-state index is 14.8. The number of ether oxygens (including phenoxy) is 2. The molecule has 0 radical (unpaired) electrons. The summed E-state index contributed by atoms with van der Waals surface area (Å²) in [6.07, 6.45) is 5.76. The van der Waals surface area contributed by atoms with Crippen LogP contribution < -0.4 is 10.5 Å². The molecule has 4 rings (SSSR count). The van der Waals surface area contributed by atoms with Crippen LogP contribution in [0.25, 0.3) is 0 Å². The second-order valence-corrected chi connectivity index (χ2v) is 7.78. The molecule has 1 aliphatic carbocycles. The van der Waals surface area contributed by atoms with Gasteiger partial charge >= 0.3 is 0 Å². The molecule has 29 heavy (non-hydrogen) atoms. The normalized spacial score (nSPS) is 25.3. The Morgan fingerprint density at radius 1 is 1.45 bits per heavy atom. The van der Waals surface area contributed by atoms with Gasteiger partial charge in [-0.2, -0.15) is 0 Å². The number of carbonyl (C=O) groups excluding carboxylic acids is 1. The predicted octanol–water partition coefficient (Wildman–Crippen LogP) is 3.36. The third kappa shape index (κ3) is 4.61. The van der Waals surface area contributed by atoms with E-state index in [-0.39, 0.29) is 24.0 Å². The number of hydrogen-bond acceptors (Lipinski definition) is 5. The summed E-state index contributed by atoms with van der Waals surface area (Å²) < 4.78 is 26.1. The second-order valence-electron chi connectivity index (χ2n) is 7.78. The number of hydrogen-bond donors (Lipinski definition) is 1. The molecule has 2 heterocycles. The maximum absolute atomic E-state index is 14.8. The Kier molecular flexibility index (Phi) is 6.57. The fourth-order valence-corrected chi connectivity index (χ4v) is 3.37. The molecular weight excluding hydrogens is 373 g/mol. The summed E-state index contributed by atoms with van der Waals surface area (Å²) in [5.74, 6) is -0.609. The Morgan fingerprint density at radius 2 is 2.17 bits per heavy atom. The molecule has 0 spiro atoms. The van der Waals surface area contributed by atoms with Gasteiger partial charge in [0.05, 0.1) is 12.5 Å². The van der Waals surface area contributed by atoms with Crippen molar-refractivity contribution in [3.05, 3.63) is 41.7 Å². The van der Waals surface area contributed by atoms with E-state index in [1.165, 1.54) is 30.2 Å². The highest BCUT2D eigenvalue weighted by atomic mass is 19.1. The van der Waals surface area contributed by atoms with Crippen LogP contribution in [0.2, 0.25) is 0 Å². The zero-order chi connectivity index (χ0) is 21.0. The van der Waals surface area contributed by atoms with E-state index in [0.717, 1.165) is 12.0 Å². The van der Waals surface area contributed by atoms with E-state index in [9.17, 15) is 9.18 Å². The van der Waals surface area contributed by atoms with Gasteiger partial charge in [0.15, 0.2) is 5.96 Å². The van der Waals surface area contributed by atoms with E-state index in [1.807, 2.05) is 6.92 Å². The van der Waals surface area contributed by atoms with Gasteiger partial charge in [-0.15, -0.1) is 0 Å². The molecule has 158 valence electrons. The first kappa shape index (κ1) is 21.3. The number of aliphatic imine (C=N–C) groups is 1. The fourth-order valence-electron chi connectivity index (χ4n) is 3.37. The summed E-state index contributed by atoms with van der Waals surface area (Å²) in [4.78, 5) is 18.6. The van der Waals surface area contributed by atoms with E-state index in [1.54, 1.807) is 19.2 Å². The number of nitrogens with zero attached hydrogens (tertiary/aromatic N) is 2. The minimum Gasteiger partial charge on any atom is -0.489 e. The Balaban J connectivity index is 0.000000732. The number of amides is 1. The SMILES string of the molecule is C1CC1.C=C(CC)COc1ccc(F)c(C23COCCC2C(=O)N(C)C(N)=N3)c1. The van der Waals surface area contributed by atoms with Crippen LogP contribution in [-0.4, -0.2) is 43.6 Å². The zero-order valence-corrected chi connectivity index (χ0v) is 17.2. The molecule has 3 aliphatic rings. The molecule has 1 saturated carbocycles. The smallest absolute Gasteiger partial charge is 0.235 e. The Bertz CT molecular complexity index is 806. The number of fused-ring (bicyclic) bond motifs is 1. The van der Waals surface area contributed by atoms with Crippen molar-refractivity contribution in [2.75, 3.05) is 26.9 Å². The van der Waals surface area contributed by atoms with E-state index < -0.39 is 17.3 Å². The van der Waals surface area contributed by atoms with E-state index in [4.69, 9.17) is 15.2 Å². The summed E-state index contributed by atoms with van der Waals surface area (Å²) in [7, 11) is 1.58. The van der Waals surface area contributed by atoms with Gasteiger partial charge in [-0.3, -0.25) is 9.69 Å². The Labute approximate surface area is 171 Å². The molecular formula is C22H30FN3O3. The lowest BCUT2D eigenvalue weighted by Gasteiger charge is -2.45. The molecule has 0 aromatic heterocycles. The van der Waals surface area contributed by atoms with Crippen molar-refractivity contribution in [1.29, 1.82) is 0 Å². The maximum Gasteiger partial charge on any atom is 0.235 e. The largest absolute Gasteiger partial charge is 0.489 e. The van der Waals surface area contributed by atoms with Gasteiger partial charge in [-0.05, 0) is 36.6 Å². The molecule has 0 bridgehead atoms. The molecule has 2 atom stereocenters. The van der Waals surface area contributed by atoms with E-state index in [2.05, 4.69) is 11.6 Å². The average molecular weight is 403 g/mol. The molecule has 1 saturated heterocycles. The highest BCUT2D eigenvalue weighted by Gasteiger charge is 2.52. The van der Waals surface area contributed by atoms with Crippen LogP contribution in [0, 0.1) is 11.7 Å². The van der Waals surface area contributed by atoms with Crippen LogP contribution in [0.1, 0.15) is 44.6 Å². The Morgan fingerprint density at radius 3 is 2.83 bits per heavy atom. The summed E-state index contributed by atoms with van der Waals surface area (Å²) >= 11 is 0. The van der Waals surface area contributed by atoms with Crippen molar-refractivity contribution in [3.63, 3.8) is 0 Å². The summed E-state index contributed by atoms with van der Waals surface area (Å²) in [6.45, 7) is 6.77. The second kappa shape index (κ2) is 8.95. The Hall–Kier alpha value is -2.41. The predicted molar refractivity (Wildman–Crippen MR) is 110 cm³/mol. The van der Waals surface area contributed by atoms with Crippen LogP contribution in [0.3, 0.4) is 0 Å². The first-order valence-corrected chi connectivity index (χ1v) is 10.2. The van der Waals surface area contributed by atoms with Crippen molar-refractivity contribution >= 4 is 11.9 Å². The lowest BCUT2D eigenvalue weighted by molar-refractivity contribution is -0.140. The summed E-state index contributed by atoms with van der Waals surface area (Å²) in [5.41, 5.74) is 5.97. The van der Waals surface area contributed by atoms with E-state index >= 15 is 0 Å². The van der Waals surface area contributed by atoms with Crippen molar-refractivity contribution < 1.29 is 18.7 Å². The van der Waals surface area contributed by atoms with Crippen LogP contribution >= 0.6 is 0 Å². The van der Waals surface area contributed by atoms with E-state index in [0.29, 0.717) is 25.4 Å². The van der Waals surface area contributed by atoms with Gasteiger partial charge in [0.25, 0.3) is 0 Å². The molecule has 7 heteroatoms. The standard InChI is InChI=1S/C19H24FN3O3.C3H6/c1-4-12(2)10-26-13-5-6-16(20)15(9-13)19-11-25-8-7-14(19)17(24)23(3)18(21)22-19;1-2-3-1/h5-6,9,14H,2,4,7-8,10-11H2,1,3H3,(H2,21,22);1-3H2. The highest BCUT2D eigenvalue weighted by Crippen LogP contribution is 2.44. The van der Waals surface area contributed by atoms with Crippen molar-refractivity contribution in [2.45, 2.75) is 44.6 Å². The molecule has 2 N–H and O–H groups in total. The minimum absolute atomic E-state index is 0.0573. The number of benzene rings is 1. The third-order valence-electron chi connectivity index (χ3n) is 5.44. The highest BCUT2D eigenvalue weighted by molar-refractivity contribution is 6.00. The van der Waals surface area contributed by atoms with Crippen LogP contribution in [0.15, 0.2) is 35.3 Å². The lowest BCUT2D eigenvalue weighted by atomic mass is 9.74. The molecule has 1 aromatic rings. The van der Waals surface area contributed by atoms with Gasteiger partial charge in [-0.25, -0.2) is 9.38 Å². The van der Waals surface area contributed by atoms with Crippen LogP contribution in [0.5, 0.6) is 5.75 Å². The third-order valence-corrected chi connectivity index (χ3v) is 5.44. The number of nitrogens with two attached hydrogens (primary N) is 1. The fraction of sp³-hybridized carbons (Fsp3) is 0.545. The molecule has 2 fully saturated rings. The van der Waals surface area contributed by atoms with Gasteiger partial charge in [0.2, 0.25) is 5.91 Å². The summed E-state index contributed by atoms with van der Waals surface area (Å²) in [6, 6.07) is 4.48. The number of rotatable bonds is 5. The first-order valence-electron chi connectivity index (χ1n) is 10.2. The zero-order valence-electron chi connectivity index (χ0n) is 17.2. The molecule has 6 nitrogen and oxygen atoms in total. The number of guanidine groups is 1. The molecule has 1 aromatic carbocycles. The quantitative estimate of drug-likeness (QED) is 0.765. The topological polar surface area (TPSA) is 77.2 Å². The summed E-state index contributed by atoms with van der Waals surface area (Å²) in [5, 5.41) is 0.